The highest BCUT2D eigenvalue weighted by molar-refractivity contribution is 7.90. The van der Waals surface area contributed by atoms with Crippen LogP contribution in [0.2, 0.25) is 0 Å². The van der Waals surface area contributed by atoms with Gasteiger partial charge in [-0.25, -0.2) is 4.79 Å². The average molecular weight is 286 g/mol. The van der Waals surface area contributed by atoms with Crippen LogP contribution in [0, 0.1) is 0 Å². The Morgan fingerprint density at radius 3 is 2.32 bits per heavy atom. The van der Waals surface area contributed by atoms with E-state index in [-0.39, 0.29) is 0 Å². The molecular formula is C12H18N2O4S. The first-order valence-corrected chi connectivity index (χ1v) is 7.28. The lowest BCUT2D eigenvalue weighted by Gasteiger charge is -2.13. The lowest BCUT2D eigenvalue weighted by Crippen LogP contribution is -2.28. The highest BCUT2D eigenvalue weighted by Crippen LogP contribution is 2.13. The van der Waals surface area contributed by atoms with Crippen LogP contribution in [0.5, 0.6) is 0 Å². The van der Waals surface area contributed by atoms with Gasteiger partial charge < -0.3 is 4.74 Å². The predicted molar refractivity (Wildman–Crippen MR) is 73.2 cm³/mol. The van der Waals surface area contributed by atoms with E-state index in [2.05, 4.69) is 4.72 Å². The van der Waals surface area contributed by atoms with Crippen LogP contribution < -0.4 is 4.72 Å². The van der Waals surface area contributed by atoms with Crippen molar-refractivity contribution in [2.75, 3.05) is 25.4 Å². The molecule has 6 nitrogen and oxygen atoms in total. The molecule has 106 valence electrons. The summed E-state index contributed by atoms with van der Waals surface area (Å²) >= 11 is 0. The second-order valence-corrected chi connectivity index (χ2v) is 5.99. The minimum Gasteiger partial charge on any atom is -0.462 e. The molecule has 0 bridgehead atoms. The Labute approximate surface area is 113 Å². The van der Waals surface area contributed by atoms with Crippen molar-refractivity contribution in [3.8, 4) is 0 Å². The molecule has 0 aromatic heterocycles. The number of esters is 1. The monoisotopic (exact) mass is 286 g/mol. The number of benzene rings is 1. The summed E-state index contributed by atoms with van der Waals surface area (Å²) in [5, 5.41) is 0. The first-order valence-electron chi connectivity index (χ1n) is 5.84. The molecule has 1 aromatic rings. The van der Waals surface area contributed by atoms with Gasteiger partial charge in [-0.3, -0.25) is 4.72 Å². The van der Waals surface area contributed by atoms with E-state index in [9.17, 15) is 13.2 Å². The van der Waals surface area contributed by atoms with E-state index in [1.54, 1.807) is 0 Å². The zero-order valence-electron chi connectivity index (χ0n) is 11.2. The lowest BCUT2D eigenvalue weighted by atomic mass is 10.2. The highest BCUT2D eigenvalue weighted by atomic mass is 32.2. The van der Waals surface area contributed by atoms with Gasteiger partial charge in [0.15, 0.2) is 0 Å². The van der Waals surface area contributed by atoms with E-state index >= 15 is 0 Å². The van der Waals surface area contributed by atoms with Gasteiger partial charge in [0.1, 0.15) is 0 Å². The molecule has 0 saturated carbocycles. The molecular weight excluding hydrogens is 268 g/mol. The molecule has 0 aliphatic heterocycles. The van der Waals surface area contributed by atoms with Crippen LogP contribution in [-0.2, 0) is 14.9 Å². The maximum absolute atomic E-state index is 11.6. The van der Waals surface area contributed by atoms with Gasteiger partial charge in [0, 0.05) is 19.8 Å². The molecule has 0 radical (unpaired) electrons. The molecule has 0 fully saturated rings. The summed E-state index contributed by atoms with van der Waals surface area (Å²) in [5.74, 6) is -0.413. The van der Waals surface area contributed by atoms with Gasteiger partial charge in [-0.05, 0) is 30.7 Å². The molecule has 0 aliphatic carbocycles. The molecule has 0 heterocycles. The Balaban J connectivity index is 2.75. The Morgan fingerprint density at radius 2 is 1.84 bits per heavy atom. The molecule has 0 unspecified atom stereocenters. The third-order valence-corrected chi connectivity index (χ3v) is 3.74. The van der Waals surface area contributed by atoms with Gasteiger partial charge >= 0.3 is 16.2 Å². The van der Waals surface area contributed by atoms with Crippen molar-refractivity contribution in [2.24, 2.45) is 0 Å². The SMILES string of the molecule is CCCOC(=O)c1ccc(NS(=O)(=O)N(C)C)cc1. The summed E-state index contributed by atoms with van der Waals surface area (Å²) in [7, 11) is -0.673. The molecule has 0 amide bonds. The van der Waals surface area contributed by atoms with Gasteiger partial charge in [0.25, 0.3) is 0 Å². The fourth-order valence-electron chi connectivity index (χ4n) is 1.19. The van der Waals surface area contributed by atoms with Crippen molar-refractivity contribution < 1.29 is 17.9 Å². The largest absolute Gasteiger partial charge is 0.462 e. The highest BCUT2D eigenvalue weighted by Gasteiger charge is 2.13. The number of carbonyl (C=O) groups is 1. The standard InChI is InChI=1S/C12H18N2O4S/c1-4-9-18-12(15)10-5-7-11(8-6-10)13-19(16,17)14(2)3/h5-8,13H,4,9H2,1-3H3. The number of carbonyl (C=O) groups excluding carboxylic acids is 1. The quantitative estimate of drug-likeness (QED) is 0.804. The fraction of sp³-hybridized carbons (Fsp3) is 0.417. The average Bonchev–Trinajstić information content (AvgIpc) is 2.36. The van der Waals surface area contributed by atoms with Crippen molar-refractivity contribution in [3.05, 3.63) is 29.8 Å². The summed E-state index contributed by atoms with van der Waals surface area (Å²) < 4.78 is 31.6. The zero-order valence-corrected chi connectivity index (χ0v) is 12.0. The molecule has 0 spiro atoms. The second kappa shape index (κ2) is 6.53. The summed E-state index contributed by atoms with van der Waals surface area (Å²) in [6.07, 6.45) is 0.756. The molecule has 1 aromatic carbocycles. The van der Waals surface area contributed by atoms with Crippen LogP contribution >= 0.6 is 0 Å². The number of hydrogen-bond acceptors (Lipinski definition) is 4. The van der Waals surface area contributed by atoms with Crippen LogP contribution in [0.4, 0.5) is 5.69 Å². The first kappa shape index (κ1) is 15.5. The van der Waals surface area contributed by atoms with Crippen molar-refractivity contribution in [1.29, 1.82) is 0 Å². The number of anilines is 1. The summed E-state index contributed by atoms with van der Waals surface area (Å²) in [6.45, 7) is 2.28. The topological polar surface area (TPSA) is 75.7 Å². The Bertz CT molecular complexity index is 523. The Hall–Kier alpha value is -1.60. The summed E-state index contributed by atoms with van der Waals surface area (Å²) in [6, 6.07) is 6.07. The van der Waals surface area contributed by atoms with Crippen LogP contribution in [0.15, 0.2) is 24.3 Å². The molecule has 0 aliphatic rings. The van der Waals surface area contributed by atoms with Gasteiger partial charge in [-0.2, -0.15) is 12.7 Å². The lowest BCUT2D eigenvalue weighted by molar-refractivity contribution is 0.0505. The minimum absolute atomic E-state index is 0.369. The molecule has 7 heteroatoms. The van der Waals surface area contributed by atoms with E-state index in [1.807, 2.05) is 6.92 Å². The molecule has 0 atom stereocenters. The fourth-order valence-corrected chi connectivity index (χ4v) is 1.81. The third-order valence-electron chi connectivity index (χ3n) is 2.29. The number of rotatable bonds is 6. The second-order valence-electron chi connectivity index (χ2n) is 4.10. The number of nitrogens with one attached hydrogen (secondary N) is 1. The third kappa shape index (κ3) is 4.53. The number of hydrogen-bond donors (Lipinski definition) is 1. The van der Waals surface area contributed by atoms with Crippen LogP contribution in [0.1, 0.15) is 23.7 Å². The van der Waals surface area contributed by atoms with E-state index in [1.165, 1.54) is 38.4 Å². The van der Waals surface area contributed by atoms with E-state index in [4.69, 9.17) is 4.74 Å². The van der Waals surface area contributed by atoms with E-state index < -0.39 is 16.2 Å². The number of ether oxygens (including phenoxy) is 1. The van der Waals surface area contributed by atoms with Crippen LogP contribution in [0.3, 0.4) is 0 Å². The van der Waals surface area contributed by atoms with Crippen molar-refractivity contribution >= 4 is 21.9 Å². The predicted octanol–water partition coefficient (Wildman–Crippen LogP) is 1.47. The van der Waals surface area contributed by atoms with Gasteiger partial charge in [0.05, 0.1) is 12.2 Å². The molecule has 1 rings (SSSR count). The molecule has 1 N–H and O–H groups in total. The van der Waals surface area contributed by atoms with Gasteiger partial charge in [-0.15, -0.1) is 0 Å². The maximum atomic E-state index is 11.6. The summed E-state index contributed by atoms with van der Waals surface area (Å²) in [5.41, 5.74) is 0.780. The number of nitrogens with zero attached hydrogens (tertiary/aromatic N) is 1. The normalized spacial score (nSPS) is 11.4. The van der Waals surface area contributed by atoms with Crippen molar-refractivity contribution in [1.82, 2.24) is 4.31 Å². The smallest absolute Gasteiger partial charge is 0.338 e. The van der Waals surface area contributed by atoms with Crippen LogP contribution in [0.25, 0.3) is 0 Å². The van der Waals surface area contributed by atoms with Gasteiger partial charge in [0.2, 0.25) is 0 Å². The van der Waals surface area contributed by atoms with Crippen molar-refractivity contribution in [2.45, 2.75) is 13.3 Å². The minimum atomic E-state index is -3.53. The van der Waals surface area contributed by atoms with Crippen molar-refractivity contribution in [3.63, 3.8) is 0 Å². The van der Waals surface area contributed by atoms with Gasteiger partial charge in [-0.1, -0.05) is 6.92 Å². The zero-order chi connectivity index (χ0) is 14.5. The maximum Gasteiger partial charge on any atom is 0.338 e. The summed E-state index contributed by atoms with van der Waals surface area (Å²) in [4.78, 5) is 11.5. The first-order chi connectivity index (χ1) is 8.86. The molecule has 19 heavy (non-hydrogen) atoms. The Morgan fingerprint density at radius 1 is 1.26 bits per heavy atom. The van der Waals surface area contributed by atoms with E-state index in [0.29, 0.717) is 17.9 Å². The Kier molecular flexibility index (Phi) is 5.31. The van der Waals surface area contributed by atoms with E-state index in [0.717, 1.165) is 10.7 Å². The van der Waals surface area contributed by atoms with Crippen LogP contribution in [-0.4, -0.2) is 39.4 Å². The molecule has 0 saturated heterocycles.